The predicted octanol–water partition coefficient (Wildman–Crippen LogP) is 3.19. The van der Waals surface area contributed by atoms with Crippen molar-refractivity contribution in [3.63, 3.8) is 0 Å². The van der Waals surface area contributed by atoms with Gasteiger partial charge >= 0.3 is 0 Å². The molecule has 0 bridgehead atoms. The second kappa shape index (κ2) is 5.90. The first kappa shape index (κ1) is 14.6. The Labute approximate surface area is 110 Å². The third kappa shape index (κ3) is 3.25. The van der Waals surface area contributed by atoms with Crippen LogP contribution in [0.3, 0.4) is 0 Å². The average molecular weight is 267 g/mol. The Morgan fingerprint density at radius 1 is 1.06 bits per heavy atom. The molecule has 0 N–H and O–H groups in total. The van der Waals surface area contributed by atoms with E-state index in [0.717, 1.165) is 13.1 Å². The maximum Gasteiger partial charge on any atom is 0.0929 e. The van der Waals surface area contributed by atoms with Crippen molar-refractivity contribution in [1.29, 1.82) is 0 Å². The first-order valence-corrected chi connectivity index (χ1v) is 6.93. The summed E-state index contributed by atoms with van der Waals surface area (Å²) < 4.78 is 0. The minimum absolute atomic E-state index is 0.0118. The van der Waals surface area contributed by atoms with Gasteiger partial charge in [-0.1, -0.05) is 20.3 Å². The van der Waals surface area contributed by atoms with Crippen LogP contribution in [0.2, 0.25) is 0 Å². The van der Waals surface area contributed by atoms with Gasteiger partial charge in [-0.2, -0.15) is 0 Å². The van der Waals surface area contributed by atoms with Gasteiger partial charge in [-0.3, -0.25) is 9.80 Å². The molecule has 4 heteroatoms. The van der Waals surface area contributed by atoms with E-state index in [0.29, 0.717) is 0 Å². The second-order valence-corrected chi connectivity index (χ2v) is 6.38. The van der Waals surface area contributed by atoms with Gasteiger partial charge in [0.25, 0.3) is 0 Å². The summed E-state index contributed by atoms with van der Waals surface area (Å²) in [6.07, 6.45) is 3.85. The molecule has 0 spiro atoms. The van der Waals surface area contributed by atoms with E-state index in [-0.39, 0.29) is 16.4 Å². The van der Waals surface area contributed by atoms with E-state index < -0.39 is 0 Å². The Balaban J connectivity index is 2.65. The highest BCUT2D eigenvalue weighted by Crippen LogP contribution is 2.37. The molecule has 0 aromatic rings. The van der Waals surface area contributed by atoms with Crippen LogP contribution in [0.4, 0.5) is 0 Å². The Kier molecular flexibility index (Phi) is 5.37. The van der Waals surface area contributed by atoms with E-state index >= 15 is 0 Å². The van der Waals surface area contributed by atoms with Gasteiger partial charge in [0, 0.05) is 5.41 Å². The number of alkyl halides is 2. The Morgan fingerprint density at radius 3 is 2.00 bits per heavy atom. The van der Waals surface area contributed by atoms with Crippen molar-refractivity contribution in [3.05, 3.63) is 0 Å². The number of piperidine rings is 1. The molecule has 96 valence electrons. The molecule has 1 rings (SSSR count). The van der Waals surface area contributed by atoms with Crippen LogP contribution >= 0.6 is 23.2 Å². The summed E-state index contributed by atoms with van der Waals surface area (Å²) in [5.74, 6) is 0. The fourth-order valence-corrected chi connectivity index (χ4v) is 2.89. The minimum atomic E-state index is -0.121. The molecule has 0 aromatic heterocycles. The highest BCUT2D eigenvalue weighted by Gasteiger charge is 2.40. The summed E-state index contributed by atoms with van der Waals surface area (Å²) >= 11 is 13.0. The van der Waals surface area contributed by atoms with Crippen LogP contribution in [0.5, 0.6) is 0 Å². The third-order valence-corrected chi connectivity index (χ3v) is 5.18. The number of rotatable bonds is 4. The van der Waals surface area contributed by atoms with Crippen molar-refractivity contribution in [3.8, 4) is 0 Å². The van der Waals surface area contributed by atoms with Crippen LogP contribution in [0.1, 0.15) is 33.1 Å². The number of halogens is 2. The Morgan fingerprint density at radius 2 is 1.56 bits per heavy atom. The lowest BCUT2D eigenvalue weighted by Crippen LogP contribution is -2.51. The van der Waals surface area contributed by atoms with Gasteiger partial charge in [-0.25, -0.2) is 0 Å². The lowest BCUT2D eigenvalue weighted by molar-refractivity contribution is 0.0856. The lowest BCUT2D eigenvalue weighted by atomic mass is 9.90. The van der Waals surface area contributed by atoms with Crippen LogP contribution in [0, 0.1) is 5.41 Å². The van der Waals surface area contributed by atoms with Gasteiger partial charge in [0.15, 0.2) is 0 Å². The Hall–Kier alpha value is 0.500. The zero-order valence-corrected chi connectivity index (χ0v) is 12.4. The predicted molar refractivity (Wildman–Crippen MR) is 72.2 cm³/mol. The number of hydrogen-bond donors (Lipinski definition) is 0. The van der Waals surface area contributed by atoms with E-state index in [1.165, 1.54) is 19.3 Å². The van der Waals surface area contributed by atoms with Crippen molar-refractivity contribution in [2.45, 2.75) is 44.1 Å². The van der Waals surface area contributed by atoms with Gasteiger partial charge in [0.05, 0.1) is 11.0 Å². The first-order chi connectivity index (χ1) is 7.37. The summed E-state index contributed by atoms with van der Waals surface area (Å²) in [6.45, 7) is 6.51. The summed E-state index contributed by atoms with van der Waals surface area (Å²) in [7, 11) is 4.00. The summed E-state index contributed by atoms with van der Waals surface area (Å²) in [5, 5.41) is 0. The summed E-state index contributed by atoms with van der Waals surface area (Å²) in [6, 6.07) is 0. The van der Waals surface area contributed by atoms with Crippen LogP contribution in [-0.2, 0) is 0 Å². The lowest BCUT2D eigenvalue weighted by Gasteiger charge is -2.44. The van der Waals surface area contributed by atoms with E-state index in [2.05, 4.69) is 18.7 Å². The average Bonchev–Trinajstić information content (AvgIpc) is 2.28. The molecule has 0 radical (unpaired) electrons. The number of nitrogens with zero attached hydrogens (tertiary/aromatic N) is 2. The van der Waals surface area contributed by atoms with Crippen molar-refractivity contribution in [2.75, 3.05) is 27.2 Å². The SMILES string of the molecule is CN(C)C(Cl)C(C)(C)C(Cl)N1CCCCC1. The molecule has 1 fully saturated rings. The fourth-order valence-electron chi connectivity index (χ4n) is 2.39. The van der Waals surface area contributed by atoms with Crippen molar-refractivity contribution >= 4 is 23.2 Å². The summed E-state index contributed by atoms with van der Waals surface area (Å²) in [4.78, 5) is 4.39. The van der Waals surface area contributed by atoms with Crippen LogP contribution in [0.25, 0.3) is 0 Å². The molecule has 2 atom stereocenters. The van der Waals surface area contributed by atoms with E-state index in [1.807, 2.05) is 19.0 Å². The molecule has 0 aromatic carbocycles. The monoisotopic (exact) mass is 266 g/mol. The third-order valence-electron chi connectivity index (χ3n) is 3.39. The highest BCUT2D eigenvalue weighted by molar-refractivity contribution is 6.24. The van der Waals surface area contributed by atoms with Crippen LogP contribution in [0.15, 0.2) is 0 Å². The molecule has 0 saturated carbocycles. The fraction of sp³-hybridized carbons (Fsp3) is 1.00. The van der Waals surface area contributed by atoms with E-state index in [1.54, 1.807) is 0 Å². The van der Waals surface area contributed by atoms with Crippen molar-refractivity contribution in [1.82, 2.24) is 9.80 Å². The zero-order valence-electron chi connectivity index (χ0n) is 10.8. The molecule has 0 aliphatic carbocycles. The maximum atomic E-state index is 6.61. The molecule has 16 heavy (non-hydrogen) atoms. The van der Waals surface area contributed by atoms with Crippen molar-refractivity contribution < 1.29 is 0 Å². The normalized spacial score (nSPS) is 23.4. The highest BCUT2D eigenvalue weighted by atomic mass is 35.5. The molecule has 1 saturated heterocycles. The summed E-state index contributed by atoms with van der Waals surface area (Å²) in [5.41, 5.74) is -0.154. The van der Waals surface area contributed by atoms with E-state index in [4.69, 9.17) is 23.2 Å². The standard InChI is InChI=1S/C12H24Cl2N2/c1-12(2,10(13)15(3)4)11(14)16-8-6-5-7-9-16/h10-11H,5-9H2,1-4H3. The molecular formula is C12H24Cl2N2. The Bertz CT molecular complexity index is 213. The van der Waals surface area contributed by atoms with Gasteiger partial charge < -0.3 is 0 Å². The van der Waals surface area contributed by atoms with E-state index in [9.17, 15) is 0 Å². The molecule has 0 amide bonds. The molecule has 2 nitrogen and oxygen atoms in total. The van der Waals surface area contributed by atoms with Gasteiger partial charge in [0.2, 0.25) is 0 Å². The first-order valence-electron chi connectivity index (χ1n) is 6.06. The van der Waals surface area contributed by atoms with Crippen LogP contribution < -0.4 is 0 Å². The molecular weight excluding hydrogens is 243 g/mol. The maximum absolute atomic E-state index is 6.61. The molecule has 1 aliphatic rings. The van der Waals surface area contributed by atoms with Gasteiger partial charge in [-0.15, -0.1) is 23.2 Å². The van der Waals surface area contributed by atoms with Gasteiger partial charge in [-0.05, 0) is 40.0 Å². The van der Waals surface area contributed by atoms with Crippen molar-refractivity contribution in [2.24, 2.45) is 5.41 Å². The minimum Gasteiger partial charge on any atom is -0.293 e. The number of hydrogen-bond acceptors (Lipinski definition) is 2. The quantitative estimate of drug-likeness (QED) is 0.570. The largest absolute Gasteiger partial charge is 0.293 e. The van der Waals surface area contributed by atoms with Crippen LogP contribution in [-0.4, -0.2) is 48.0 Å². The smallest absolute Gasteiger partial charge is 0.0929 e. The van der Waals surface area contributed by atoms with Gasteiger partial charge in [0.1, 0.15) is 0 Å². The second-order valence-electron chi connectivity index (χ2n) is 5.55. The molecule has 1 heterocycles. The zero-order chi connectivity index (χ0) is 12.3. The molecule has 1 aliphatic heterocycles. The molecule has 2 unspecified atom stereocenters. The topological polar surface area (TPSA) is 6.48 Å². The number of likely N-dealkylation sites (tertiary alicyclic amines) is 1.